The first kappa shape index (κ1) is 15.1. The van der Waals surface area contributed by atoms with Crippen molar-refractivity contribution < 1.29 is 18.7 Å². The van der Waals surface area contributed by atoms with Crippen molar-refractivity contribution >= 4 is 12.0 Å². The zero-order valence-electron chi connectivity index (χ0n) is 12.4. The highest BCUT2D eigenvalue weighted by atomic mass is 19.1. The number of nitrogens with one attached hydrogen (secondary N) is 1. The molecule has 0 radical (unpaired) electrons. The molecule has 1 aliphatic rings. The number of amides is 1. The summed E-state index contributed by atoms with van der Waals surface area (Å²) in [5.41, 5.74) is 1.71. The van der Waals surface area contributed by atoms with Gasteiger partial charge in [0.1, 0.15) is 5.82 Å². The maximum absolute atomic E-state index is 13.0. The van der Waals surface area contributed by atoms with Crippen molar-refractivity contribution in [3.05, 3.63) is 65.5 Å². The summed E-state index contributed by atoms with van der Waals surface area (Å²) in [7, 11) is 0. The van der Waals surface area contributed by atoms with E-state index in [0.29, 0.717) is 24.5 Å². The number of halogens is 1. The molecule has 3 rings (SSSR count). The van der Waals surface area contributed by atoms with E-state index in [4.69, 9.17) is 9.47 Å². The van der Waals surface area contributed by atoms with E-state index >= 15 is 0 Å². The monoisotopic (exact) mass is 313 g/mol. The lowest BCUT2D eigenvalue weighted by Crippen LogP contribution is -2.23. The Morgan fingerprint density at radius 1 is 1.17 bits per heavy atom. The third-order valence-electron chi connectivity index (χ3n) is 3.43. The van der Waals surface area contributed by atoms with Crippen molar-refractivity contribution in [3.63, 3.8) is 0 Å². The molecule has 0 saturated heterocycles. The Bertz CT molecular complexity index is 743. The van der Waals surface area contributed by atoms with Crippen LogP contribution in [-0.4, -0.2) is 19.2 Å². The molecule has 0 fully saturated rings. The summed E-state index contributed by atoms with van der Waals surface area (Å²) in [6.07, 6.45) is 3.75. The van der Waals surface area contributed by atoms with Gasteiger partial charge in [0.15, 0.2) is 11.5 Å². The lowest BCUT2D eigenvalue weighted by Gasteiger charge is -2.03. The predicted octanol–water partition coefficient (Wildman–Crippen LogP) is 2.93. The first-order chi connectivity index (χ1) is 11.2. The number of carbonyl (C=O) groups is 1. The summed E-state index contributed by atoms with van der Waals surface area (Å²) in [4.78, 5) is 11.8. The fourth-order valence-corrected chi connectivity index (χ4v) is 2.27. The molecule has 0 aromatic heterocycles. The summed E-state index contributed by atoms with van der Waals surface area (Å²) in [5, 5.41) is 2.77. The molecule has 1 heterocycles. The molecule has 4 nitrogen and oxygen atoms in total. The molecule has 0 unspecified atom stereocenters. The number of fused-ring (bicyclic) bond motifs is 1. The van der Waals surface area contributed by atoms with Crippen LogP contribution in [0, 0.1) is 5.82 Å². The van der Waals surface area contributed by atoms with Gasteiger partial charge in [0.25, 0.3) is 0 Å². The lowest BCUT2D eigenvalue weighted by atomic mass is 10.1. The minimum Gasteiger partial charge on any atom is -0.454 e. The van der Waals surface area contributed by atoms with Gasteiger partial charge in [0.05, 0.1) is 0 Å². The van der Waals surface area contributed by atoms with Gasteiger partial charge in [-0.05, 0) is 47.9 Å². The van der Waals surface area contributed by atoms with Gasteiger partial charge in [-0.2, -0.15) is 0 Å². The average molecular weight is 313 g/mol. The Labute approximate surface area is 133 Å². The minimum atomic E-state index is -0.267. The second-order valence-corrected chi connectivity index (χ2v) is 5.12. The third kappa shape index (κ3) is 4.10. The molecule has 0 atom stereocenters. The van der Waals surface area contributed by atoms with Crippen LogP contribution in [0.2, 0.25) is 0 Å². The summed E-state index contributed by atoms with van der Waals surface area (Å²) in [6, 6.07) is 11.8. The van der Waals surface area contributed by atoms with Crippen molar-refractivity contribution in [2.24, 2.45) is 0 Å². The van der Waals surface area contributed by atoms with Crippen LogP contribution >= 0.6 is 0 Å². The van der Waals surface area contributed by atoms with E-state index in [1.807, 2.05) is 24.3 Å². The Morgan fingerprint density at radius 3 is 2.91 bits per heavy atom. The highest BCUT2D eigenvalue weighted by Gasteiger charge is 2.12. The van der Waals surface area contributed by atoms with E-state index in [1.54, 1.807) is 12.1 Å². The molecule has 23 heavy (non-hydrogen) atoms. The molecular weight excluding hydrogens is 297 g/mol. The van der Waals surface area contributed by atoms with Crippen LogP contribution in [-0.2, 0) is 11.2 Å². The van der Waals surface area contributed by atoms with Crippen LogP contribution in [0.5, 0.6) is 11.5 Å². The fourth-order valence-electron chi connectivity index (χ4n) is 2.27. The molecule has 0 aliphatic carbocycles. The standard InChI is InChI=1S/C18H16FNO3/c19-15-3-1-2-13(10-15)8-9-20-18(21)7-5-14-4-6-16-17(11-14)23-12-22-16/h1-7,10-11H,8-9,12H2,(H,20,21)/b7-5+. The molecule has 0 spiro atoms. The SMILES string of the molecule is O=C(/C=C/c1ccc2c(c1)OCO2)NCCc1cccc(F)c1. The lowest BCUT2D eigenvalue weighted by molar-refractivity contribution is -0.116. The van der Waals surface area contributed by atoms with Crippen molar-refractivity contribution in [3.8, 4) is 11.5 Å². The Balaban J connectivity index is 1.49. The Hall–Kier alpha value is -2.82. The van der Waals surface area contributed by atoms with Crippen LogP contribution in [0.3, 0.4) is 0 Å². The summed E-state index contributed by atoms with van der Waals surface area (Å²) < 4.78 is 23.6. The number of ether oxygens (including phenoxy) is 2. The number of carbonyl (C=O) groups excluding carboxylic acids is 1. The second-order valence-electron chi connectivity index (χ2n) is 5.12. The van der Waals surface area contributed by atoms with Gasteiger partial charge in [-0.15, -0.1) is 0 Å². The molecule has 0 bridgehead atoms. The van der Waals surface area contributed by atoms with Gasteiger partial charge in [0, 0.05) is 12.6 Å². The predicted molar refractivity (Wildman–Crippen MR) is 84.7 cm³/mol. The maximum Gasteiger partial charge on any atom is 0.244 e. The van der Waals surface area contributed by atoms with Gasteiger partial charge < -0.3 is 14.8 Å². The minimum absolute atomic E-state index is 0.195. The number of hydrogen-bond acceptors (Lipinski definition) is 3. The quantitative estimate of drug-likeness (QED) is 0.863. The van der Waals surface area contributed by atoms with Gasteiger partial charge >= 0.3 is 0 Å². The normalized spacial score (nSPS) is 12.6. The average Bonchev–Trinajstić information content (AvgIpc) is 3.00. The topological polar surface area (TPSA) is 47.6 Å². The van der Waals surface area contributed by atoms with E-state index in [1.165, 1.54) is 18.2 Å². The zero-order valence-corrected chi connectivity index (χ0v) is 12.4. The highest BCUT2D eigenvalue weighted by molar-refractivity contribution is 5.91. The van der Waals surface area contributed by atoms with Gasteiger partial charge in [-0.25, -0.2) is 4.39 Å². The summed E-state index contributed by atoms with van der Waals surface area (Å²) in [5.74, 6) is 0.927. The van der Waals surface area contributed by atoms with Crippen LogP contribution < -0.4 is 14.8 Å². The Morgan fingerprint density at radius 2 is 2.04 bits per heavy atom. The van der Waals surface area contributed by atoms with E-state index in [0.717, 1.165) is 11.1 Å². The van der Waals surface area contributed by atoms with Crippen molar-refractivity contribution in [1.82, 2.24) is 5.32 Å². The first-order valence-electron chi connectivity index (χ1n) is 7.31. The molecule has 2 aromatic rings. The summed E-state index contributed by atoms with van der Waals surface area (Å²) in [6.45, 7) is 0.677. The maximum atomic E-state index is 13.0. The highest BCUT2D eigenvalue weighted by Crippen LogP contribution is 2.32. The van der Waals surface area contributed by atoms with Crippen molar-refractivity contribution in [2.45, 2.75) is 6.42 Å². The molecule has 1 amide bonds. The van der Waals surface area contributed by atoms with Gasteiger partial charge in [-0.3, -0.25) is 4.79 Å². The first-order valence-corrected chi connectivity index (χ1v) is 7.31. The third-order valence-corrected chi connectivity index (χ3v) is 3.43. The number of rotatable bonds is 5. The smallest absolute Gasteiger partial charge is 0.244 e. The van der Waals surface area contributed by atoms with Gasteiger partial charge in [-0.1, -0.05) is 18.2 Å². The second kappa shape index (κ2) is 6.96. The zero-order chi connectivity index (χ0) is 16.1. The fraction of sp³-hybridized carbons (Fsp3) is 0.167. The molecule has 1 aliphatic heterocycles. The molecule has 2 aromatic carbocycles. The largest absolute Gasteiger partial charge is 0.454 e. The number of benzene rings is 2. The molecule has 0 saturated carbocycles. The Kier molecular flexibility index (Phi) is 4.57. The van der Waals surface area contributed by atoms with Crippen LogP contribution in [0.15, 0.2) is 48.5 Å². The van der Waals surface area contributed by atoms with Crippen LogP contribution in [0.25, 0.3) is 6.08 Å². The summed E-state index contributed by atoms with van der Waals surface area (Å²) >= 11 is 0. The number of hydrogen-bond donors (Lipinski definition) is 1. The van der Waals surface area contributed by atoms with Crippen LogP contribution in [0.4, 0.5) is 4.39 Å². The van der Waals surface area contributed by atoms with E-state index < -0.39 is 0 Å². The van der Waals surface area contributed by atoms with Crippen LogP contribution in [0.1, 0.15) is 11.1 Å². The molecule has 5 heteroatoms. The van der Waals surface area contributed by atoms with E-state index in [2.05, 4.69) is 5.32 Å². The molecular formula is C18H16FNO3. The van der Waals surface area contributed by atoms with E-state index in [9.17, 15) is 9.18 Å². The van der Waals surface area contributed by atoms with Gasteiger partial charge in [0.2, 0.25) is 12.7 Å². The van der Waals surface area contributed by atoms with E-state index in [-0.39, 0.29) is 18.5 Å². The molecule has 118 valence electrons. The van der Waals surface area contributed by atoms with Crippen molar-refractivity contribution in [2.75, 3.05) is 13.3 Å². The molecule has 1 N–H and O–H groups in total. The van der Waals surface area contributed by atoms with Crippen molar-refractivity contribution in [1.29, 1.82) is 0 Å².